The maximum Gasteiger partial charge on any atom is 0.230 e. The van der Waals surface area contributed by atoms with Crippen molar-refractivity contribution in [2.24, 2.45) is 0 Å². The van der Waals surface area contributed by atoms with Gasteiger partial charge in [0, 0.05) is 24.0 Å². The number of imidazole rings is 1. The van der Waals surface area contributed by atoms with E-state index in [1.54, 1.807) is 25.4 Å². The molecule has 0 bridgehead atoms. The van der Waals surface area contributed by atoms with Crippen molar-refractivity contribution in [2.75, 3.05) is 23.4 Å². The van der Waals surface area contributed by atoms with Gasteiger partial charge in [0.1, 0.15) is 12.0 Å². The van der Waals surface area contributed by atoms with Gasteiger partial charge in [0.05, 0.1) is 18.8 Å². The van der Waals surface area contributed by atoms with Crippen LogP contribution in [-0.4, -0.2) is 54.0 Å². The van der Waals surface area contributed by atoms with Crippen LogP contribution in [-0.2, 0) is 0 Å². The molecule has 0 saturated carbocycles. The number of aromatic nitrogens is 5. The van der Waals surface area contributed by atoms with E-state index in [2.05, 4.69) is 20.2 Å². The lowest BCUT2D eigenvalue weighted by Crippen LogP contribution is -2.33. The number of hydrogen-bond donors (Lipinski definition) is 2. The van der Waals surface area contributed by atoms with E-state index in [4.69, 9.17) is 4.98 Å². The SMILES string of the molecule is CC(=O)c1ccc(-n2cnc(Nc3nc(N4CCC[C@H]4CO)nc4cccn34)c2)cc1. The average molecular weight is 417 g/mol. The van der Waals surface area contributed by atoms with E-state index in [0.29, 0.717) is 23.3 Å². The number of aliphatic hydroxyl groups is 1. The van der Waals surface area contributed by atoms with Crippen molar-refractivity contribution in [2.45, 2.75) is 25.8 Å². The Balaban J connectivity index is 1.44. The van der Waals surface area contributed by atoms with Gasteiger partial charge < -0.3 is 19.9 Å². The number of rotatable bonds is 6. The molecule has 0 radical (unpaired) electrons. The number of aliphatic hydroxyl groups excluding tert-OH is 1. The van der Waals surface area contributed by atoms with Crippen LogP contribution in [0.1, 0.15) is 30.1 Å². The van der Waals surface area contributed by atoms with Crippen LogP contribution in [0.3, 0.4) is 0 Å². The molecule has 158 valence electrons. The Labute approximate surface area is 179 Å². The summed E-state index contributed by atoms with van der Waals surface area (Å²) < 4.78 is 3.75. The smallest absolute Gasteiger partial charge is 0.230 e. The zero-order valence-electron chi connectivity index (χ0n) is 17.1. The summed E-state index contributed by atoms with van der Waals surface area (Å²) in [4.78, 5) is 27.4. The molecule has 1 aromatic carbocycles. The molecule has 0 unspecified atom stereocenters. The van der Waals surface area contributed by atoms with E-state index in [9.17, 15) is 9.90 Å². The zero-order chi connectivity index (χ0) is 21.4. The molecule has 2 N–H and O–H groups in total. The molecular formula is C22H23N7O2. The van der Waals surface area contributed by atoms with E-state index in [1.165, 1.54) is 0 Å². The highest BCUT2D eigenvalue weighted by Crippen LogP contribution is 2.25. The Morgan fingerprint density at radius 2 is 2.06 bits per heavy atom. The minimum atomic E-state index is 0.0382. The molecule has 1 aliphatic heterocycles. The number of anilines is 3. The molecule has 3 aromatic heterocycles. The molecule has 0 amide bonds. The fraction of sp³-hybridized carbons (Fsp3) is 0.273. The fourth-order valence-electron chi connectivity index (χ4n) is 3.93. The van der Waals surface area contributed by atoms with Gasteiger partial charge in [-0.3, -0.25) is 9.20 Å². The Morgan fingerprint density at radius 1 is 1.23 bits per heavy atom. The molecule has 4 aromatic rings. The Hall–Kier alpha value is -3.72. The van der Waals surface area contributed by atoms with Crippen molar-refractivity contribution in [1.82, 2.24) is 23.9 Å². The number of nitrogens with zero attached hydrogens (tertiary/aromatic N) is 6. The summed E-state index contributed by atoms with van der Waals surface area (Å²) in [6.45, 7) is 2.47. The lowest BCUT2D eigenvalue weighted by atomic mass is 10.1. The average Bonchev–Trinajstić information content (AvgIpc) is 3.53. The van der Waals surface area contributed by atoms with Crippen molar-refractivity contribution < 1.29 is 9.90 Å². The van der Waals surface area contributed by atoms with Crippen molar-refractivity contribution >= 4 is 29.1 Å². The first-order chi connectivity index (χ1) is 15.1. The highest BCUT2D eigenvalue weighted by atomic mass is 16.3. The molecule has 1 saturated heterocycles. The van der Waals surface area contributed by atoms with Gasteiger partial charge in [-0.25, -0.2) is 4.98 Å². The molecule has 4 heterocycles. The largest absolute Gasteiger partial charge is 0.394 e. The molecule has 31 heavy (non-hydrogen) atoms. The number of carbonyl (C=O) groups excluding carboxylic acids is 1. The van der Waals surface area contributed by atoms with E-state index in [-0.39, 0.29) is 18.4 Å². The minimum absolute atomic E-state index is 0.0382. The van der Waals surface area contributed by atoms with Gasteiger partial charge in [-0.1, -0.05) is 0 Å². The zero-order valence-corrected chi connectivity index (χ0v) is 17.1. The second kappa shape index (κ2) is 7.84. The van der Waals surface area contributed by atoms with Crippen molar-refractivity contribution in [3.05, 3.63) is 60.7 Å². The van der Waals surface area contributed by atoms with E-state index >= 15 is 0 Å². The van der Waals surface area contributed by atoms with Gasteiger partial charge in [0.15, 0.2) is 11.6 Å². The van der Waals surface area contributed by atoms with Crippen molar-refractivity contribution in [3.63, 3.8) is 0 Å². The van der Waals surface area contributed by atoms with Crippen molar-refractivity contribution in [3.8, 4) is 5.69 Å². The van der Waals surface area contributed by atoms with E-state index in [1.807, 2.05) is 45.6 Å². The first-order valence-electron chi connectivity index (χ1n) is 10.3. The maximum absolute atomic E-state index is 11.5. The predicted molar refractivity (Wildman–Crippen MR) is 117 cm³/mol. The number of Topliss-reactive ketones (excluding diaryl/α,β-unsaturated/α-hetero) is 1. The van der Waals surface area contributed by atoms with Crippen LogP contribution in [0, 0.1) is 0 Å². The van der Waals surface area contributed by atoms with Crippen LogP contribution in [0.4, 0.5) is 17.7 Å². The molecule has 1 fully saturated rings. The number of ketones is 1. The number of hydrogen-bond acceptors (Lipinski definition) is 7. The quantitative estimate of drug-likeness (QED) is 0.465. The summed E-state index contributed by atoms with van der Waals surface area (Å²) in [6, 6.07) is 11.3. The molecule has 1 aliphatic rings. The Kier molecular flexibility index (Phi) is 4.87. The van der Waals surface area contributed by atoms with Crippen LogP contribution in [0.25, 0.3) is 11.3 Å². The second-order valence-corrected chi connectivity index (χ2v) is 7.65. The summed E-state index contributed by atoms with van der Waals surface area (Å²) in [6.07, 6.45) is 7.42. The second-order valence-electron chi connectivity index (χ2n) is 7.65. The minimum Gasteiger partial charge on any atom is -0.394 e. The molecular weight excluding hydrogens is 394 g/mol. The summed E-state index contributed by atoms with van der Waals surface area (Å²) in [7, 11) is 0. The summed E-state index contributed by atoms with van der Waals surface area (Å²) >= 11 is 0. The van der Waals surface area contributed by atoms with Crippen LogP contribution in [0.2, 0.25) is 0 Å². The molecule has 0 aliphatic carbocycles. The third kappa shape index (κ3) is 3.64. The van der Waals surface area contributed by atoms with Gasteiger partial charge in [0.25, 0.3) is 0 Å². The van der Waals surface area contributed by atoms with Gasteiger partial charge in [-0.15, -0.1) is 0 Å². The lowest BCUT2D eigenvalue weighted by molar-refractivity contribution is 0.101. The van der Waals surface area contributed by atoms with Crippen molar-refractivity contribution in [1.29, 1.82) is 0 Å². The molecule has 9 heteroatoms. The van der Waals surface area contributed by atoms with E-state index < -0.39 is 0 Å². The standard InChI is InChI=1S/C22H23N7O2/c1-15(31)16-6-8-17(9-7-16)27-12-19(23-14-27)24-21-26-22(25-20-5-3-11-29(20)21)28-10-2-4-18(28)13-30/h3,5-9,11-12,14,18,30H,2,4,10,13H2,1H3,(H,24,25,26)/t18-/m0/s1. The van der Waals surface area contributed by atoms with Gasteiger partial charge in [0.2, 0.25) is 11.9 Å². The van der Waals surface area contributed by atoms with Crippen LogP contribution < -0.4 is 10.2 Å². The number of fused-ring (bicyclic) bond motifs is 1. The molecule has 9 nitrogen and oxygen atoms in total. The van der Waals surface area contributed by atoms with Gasteiger partial charge in [-0.05, 0) is 56.2 Å². The van der Waals surface area contributed by atoms with Crippen LogP contribution in [0.15, 0.2) is 55.1 Å². The van der Waals surface area contributed by atoms with Gasteiger partial charge >= 0.3 is 0 Å². The van der Waals surface area contributed by atoms with Crippen LogP contribution in [0.5, 0.6) is 0 Å². The molecule has 0 spiro atoms. The lowest BCUT2D eigenvalue weighted by Gasteiger charge is -2.23. The molecule has 1 atom stereocenters. The highest BCUT2D eigenvalue weighted by Gasteiger charge is 2.27. The maximum atomic E-state index is 11.5. The summed E-state index contributed by atoms with van der Waals surface area (Å²) in [5.41, 5.74) is 2.35. The number of carbonyl (C=O) groups is 1. The Morgan fingerprint density at radius 3 is 2.84 bits per heavy atom. The number of benzene rings is 1. The molecule has 5 rings (SSSR count). The summed E-state index contributed by atoms with van der Waals surface area (Å²) in [5.74, 6) is 1.88. The Bertz CT molecular complexity index is 1230. The normalized spacial score (nSPS) is 16.2. The summed E-state index contributed by atoms with van der Waals surface area (Å²) in [5, 5.41) is 13.0. The third-order valence-electron chi connectivity index (χ3n) is 5.62. The highest BCUT2D eigenvalue weighted by molar-refractivity contribution is 5.94. The van der Waals surface area contributed by atoms with E-state index in [0.717, 1.165) is 30.7 Å². The van der Waals surface area contributed by atoms with Gasteiger partial charge in [-0.2, -0.15) is 9.97 Å². The predicted octanol–water partition coefficient (Wildman–Crippen LogP) is 2.82. The first kappa shape index (κ1) is 19.3. The fourth-order valence-corrected chi connectivity index (χ4v) is 3.93. The number of nitrogens with one attached hydrogen (secondary N) is 1. The van der Waals surface area contributed by atoms with Crippen LogP contribution >= 0.6 is 0 Å². The monoisotopic (exact) mass is 417 g/mol. The topological polar surface area (TPSA) is 101 Å². The first-order valence-corrected chi connectivity index (χ1v) is 10.3. The third-order valence-corrected chi connectivity index (χ3v) is 5.62.